The Hall–Kier alpha value is -2.14. The van der Waals surface area contributed by atoms with Crippen LogP contribution in [0, 0.1) is 0 Å². The first kappa shape index (κ1) is 17.7. The largest absolute Gasteiger partial charge is 0.393 e. The van der Waals surface area contributed by atoms with Crippen molar-refractivity contribution in [2.24, 2.45) is 0 Å². The molecule has 0 radical (unpaired) electrons. The molecule has 0 bridgehead atoms. The third-order valence-electron chi connectivity index (χ3n) is 4.85. The minimum atomic E-state index is -0.362. The number of rotatable bonds is 6. The SMILES string of the molecule is CCC(O)CCNC(=O)c1nc(-c2ccccc2)n2c1CCCCC2. The molecular formula is C20H27N3O2. The number of nitrogens with one attached hydrogen (secondary N) is 1. The molecule has 5 heteroatoms. The minimum absolute atomic E-state index is 0.129. The number of benzene rings is 1. The molecule has 5 nitrogen and oxygen atoms in total. The number of aliphatic hydroxyl groups excluding tert-OH is 1. The highest BCUT2D eigenvalue weighted by molar-refractivity contribution is 5.94. The Morgan fingerprint density at radius 3 is 2.84 bits per heavy atom. The Balaban J connectivity index is 1.86. The van der Waals surface area contributed by atoms with Crippen molar-refractivity contribution < 1.29 is 9.90 Å². The van der Waals surface area contributed by atoms with Gasteiger partial charge in [-0.25, -0.2) is 4.98 Å². The molecule has 0 fully saturated rings. The van der Waals surface area contributed by atoms with Gasteiger partial charge in [0, 0.05) is 18.7 Å². The van der Waals surface area contributed by atoms with E-state index in [1.54, 1.807) is 0 Å². The molecule has 0 aliphatic carbocycles. The van der Waals surface area contributed by atoms with Gasteiger partial charge in [0.25, 0.3) is 5.91 Å². The number of imidazole rings is 1. The van der Waals surface area contributed by atoms with Gasteiger partial charge in [0.1, 0.15) is 11.5 Å². The van der Waals surface area contributed by atoms with Crippen LogP contribution in [0.3, 0.4) is 0 Å². The predicted molar refractivity (Wildman–Crippen MR) is 98.5 cm³/mol. The number of aliphatic hydroxyl groups is 1. The third-order valence-corrected chi connectivity index (χ3v) is 4.85. The molecule has 2 heterocycles. The van der Waals surface area contributed by atoms with Gasteiger partial charge < -0.3 is 15.0 Å². The summed E-state index contributed by atoms with van der Waals surface area (Å²) in [5.41, 5.74) is 2.64. The highest BCUT2D eigenvalue weighted by atomic mass is 16.3. The Morgan fingerprint density at radius 2 is 2.08 bits per heavy atom. The van der Waals surface area contributed by atoms with Crippen LogP contribution in [0.15, 0.2) is 30.3 Å². The van der Waals surface area contributed by atoms with Gasteiger partial charge in [-0.15, -0.1) is 0 Å². The number of hydrogen-bond donors (Lipinski definition) is 2. The van der Waals surface area contributed by atoms with Crippen molar-refractivity contribution in [1.29, 1.82) is 0 Å². The quantitative estimate of drug-likeness (QED) is 0.848. The molecule has 1 aliphatic heterocycles. The zero-order valence-electron chi connectivity index (χ0n) is 14.9. The van der Waals surface area contributed by atoms with Crippen LogP contribution in [0.5, 0.6) is 0 Å². The number of amides is 1. The highest BCUT2D eigenvalue weighted by Gasteiger charge is 2.24. The van der Waals surface area contributed by atoms with E-state index >= 15 is 0 Å². The highest BCUT2D eigenvalue weighted by Crippen LogP contribution is 2.27. The van der Waals surface area contributed by atoms with Crippen LogP contribution < -0.4 is 5.32 Å². The van der Waals surface area contributed by atoms with Gasteiger partial charge in [0.2, 0.25) is 0 Å². The summed E-state index contributed by atoms with van der Waals surface area (Å²) in [5.74, 6) is 0.757. The molecule has 1 atom stereocenters. The molecular weight excluding hydrogens is 314 g/mol. The summed E-state index contributed by atoms with van der Waals surface area (Å²) in [5, 5.41) is 12.6. The van der Waals surface area contributed by atoms with Gasteiger partial charge in [-0.3, -0.25) is 4.79 Å². The van der Waals surface area contributed by atoms with Crippen molar-refractivity contribution in [2.75, 3.05) is 6.54 Å². The summed E-state index contributed by atoms with van der Waals surface area (Å²) in [6.45, 7) is 3.32. The van der Waals surface area contributed by atoms with E-state index in [1.165, 1.54) is 6.42 Å². The fraction of sp³-hybridized carbons (Fsp3) is 0.500. The summed E-state index contributed by atoms with van der Waals surface area (Å²) in [4.78, 5) is 17.4. The standard InChI is InChI=1S/C20H27N3O2/c1-2-16(24)12-13-21-20(25)18-17-11-7-4-8-14-23(17)19(22-18)15-9-5-3-6-10-15/h3,5-6,9-10,16,24H,2,4,7-8,11-14H2,1H3,(H,21,25). The lowest BCUT2D eigenvalue weighted by Gasteiger charge is -2.10. The first-order valence-electron chi connectivity index (χ1n) is 9.31. The molecule has 25 heavy (non-hydrogen) atoms. The Kier molecular flexibility index (Phi) is 5.87. The Bertz CT molecular complexity index is 709. The molecule has 3 rings (SSSR count). The number of carbonyl (C=O) groups is 1. The van der Waals surface area contributed by atoms with Gasteiger partial charge >= 0.3 is 0 Å². The van der Waals surface area contributed by atoms with Crippen molar-refractivity contribution in [3.63, 3.8) is 0 Å². The molecule has 134 valence electrons. The van der Waals surface area contributed by atoms with Crippen LogP contribution in [0.25, 0.3) is 11.4 Å². The van der Waals surface area contributed by atoms with Gasteiger partial charge in [-0.2, -0.15) is 0 Å². The third kappa shape index (κ3) is 4.10. The lowest BCUT2D eigenvalue weighted by Crippen LogP contribution is -2.28. The minimum Gasteiger partial charge on any atom is -0.393 e. The van der Waals surface area contributed by atoms with Crippen LogP contribution in [0.4, 0.5) is 0 Å². The van der Waals surface area contributed by atoms with E-state index in [0.29, 0.717) is 25.1 Å². The molecule has 0 saturated carbocycles. The van der Waals surface area contributed by atoms with E-state index in [1.807, 2.05) is 37.3 Å². The average molecular weight is 341 g/mol. The molecule has 1 aromatic carbocycles. The summed E-state index contributed by atoms with van der Waals surface area (Å²) in [6.07, 6.45) is 5.19. The summed E-state index contributed by atoms with van der Waals surface area (Å²) in [7, 11) is 0. The number of fused-ring (bicyclic) bond motifs is 1. The van der Waals surface area contributed by atoms with Gasteiger partial charge in [-0.1, -0.05) is 43.7 Å². The molecule has 2 aromatic rings. The Labute approximate surface area is 149 Å². The average Bonchev–Trinajstić information content (AvgIpc) is 2.83. The maximum atomic E-state index is 12.7. The zero-order chi connectivity index (χ0) is 17.6. The molecule has 1 aromatic heterocycles. The van der Waals surface area contributed by atoms with Gasteiger partial charge in [-0.05, 0) is 32.1 Å². The van der Waals surface area contributed by atoms with Gasteiger partial charge in [0.05, 0.1) is 11.8 Å². The van der Waals surface area contributed by atoms with E-state index in [-0.39, 0.29) is 12.0 Å². The van der Waals surface area contributed by atoms with Crippen molar-refractivity contribution >= 4 is 5.91 Å². The maximum Gasteiger partial charge on any atom is 0.271 e. The fourth-order valence-electron chi connectivity index (χ4n) is 3.35. The van der Waals surface area contributed by atoms with Crippen LogP contribution in [0.1, 0.15) is 55.2 Å². The van der Waals surface area contributed by atoms with E-state index in [2.05, 4.69) is 9.88 Å². The lowest BCUT2D eigenvalue weighted by molar-refractivity contribution is 0.0936. The van der Waals surface area contributed by atoms with E-state index in [9.17, 15) is 9.90 Å². The molecule has 1 unspecified atom stereocenters. The summed E-state index contributed by atoms with van der Waals surface area (Å²) < 4.78 is 2.22. The lowest BCUT2D eigenvalue weighted by atomic mass is 10.1. The molecule has 0 saturated heterocycles. The molecule has 1 aliphatic rings. The van der Waals surface area contributed by atoms with Crippen LogP contribution in [-0.4, -0.2) is 33.2 Å². The molecule has 2 N–H and O–H groups in total. The van der Waals surface area contributed by atoms with Crippen molar-refractivity contribution in [1.82, 2.24) is 14.9 Å². The maximum absolute atomic E-state index is 12.7. The second kappa shape index (κ2) is 8.30. The monoisotopic (exact) mass is 341 g/mol. The van der Waals surface area contributed by atoms with Crippen LogP contribution >= 0.6 is 0 Å². The van der Waals surface area contributed by atoms with Crippen molar-refractivity contribution in [3.8, 4) is 11.4 Å². The molecule has 0 spiro atoms. The summed E-state index contributed by atoms with van der Waals surface area (Å²) >= 11 is 0. The van der Waals surface area contributed by atoms with Crippen molar-refractivity contribution in [3.05, 3.63) is 41.7 Å². The number of aromatic nitrogens is 2. The van der Waals surface area contributed by atoms with E-state index in [4.69, 9.17) is 4.98 Å². The van der Waals surface area contributed by atoms with Gasteiger partial charge in [0.15, 0.2) is 0 Å². The molecule has 1 amide bonds. The Morgan fingerprint density at radius 1 is 1.28 bits per heavy atom. The number of carbonyl (C=O) groups excluding carboxylic acids is 1. The fourth-order valence-corrected chi connectivity index (χ4v) is 3.35. The first-order chi connectivity index (χ1) is 12.2. The number of hydrogen-bond acceptors (Lipinski definition) is 3. The van der Waals surface area contributed by atoms with Crippen LogP contribution in [0.2, 0.25) is 0 Å². The zero-order valence-corrected chi connectivity index (χ0v) is 14.9. The normalized spacial score (nSPS) is 15.3. The van der Waals surface area contributed by atoms with E-state index < -0.39 is 0 Å². The second-order valence-corrected chi connectivity index (χ2v) is 6.67. The first-order valence-corrected chi connectivity index (χ1v) is 9.31. The predicted octanol–water partition coefficient (Wildman–Crippen LogP) is 3.17. The number of nitrogens with zero attached hydrogens (tertiary/aromatic N) is 2. The van der Waals surface area contributed by atoms with Crippen molar-refractivity contribution in [2.45, 2.75) is 58.1 Å². The van der Waals surface area contributed by atoms with Crippen LogP contribution in [-0.2, 0) is 13.0 Å². The summed E-state index contributed by atoms with van der Waals surface area (Å²) in [6, 6.07) is 10.1. The topological polar surface area (TPSA) is 67.2 Å². The second-order valence-electron chi connectivity index (χ2n) is 6.67. The smallest absolute Gasteiger partial charge is 0.271 e. The van der Waals surface area contributed by atoms with E-state index in [0.717, 1.165) is 42.9 Å².